The summed E-state index contributed by atoms with van der Waals surface area (Å²) in [5.74, 6) is -0.701. The molecule has 1 unspecified atom stereocenters. The molecule has 1 aliphatic carbocycles. The van der Waals surface area contributed by atoms with Crippen molar-refractivity contribution in [3.63, 3.8) is 0 Å². The summed E-state index contributed by atoms with van der Waals surface area (Å²) in [6.45, 7) is 8.65. The van der Waals surface area contributed by atoms with Crippen LogP contribution in [-0.4, -0.2) is 6.04 Å². The van der Waals surface area contributed by atoms with Crippen LogP contribution in [0.15, 0.2) is 18.2 Å². The second-order valence-electron chi connectivity index (χ2n) is 6.49. The molecular formula is C15H21F2N. The number of hydrogen-bond donors (Lipinski definition) is 1. The maximum absolute atomic E-state index is 13.6. The molecule has 1 aliphatic rings. The van der Waals surface area contributed by atoms with Crippen molar-refractivity contribution in [3.05, 3.63) is 35.4 Å². The van der Waals surface area contributed by atoms with Gasteiger partial charge in [-0.15, -0.1) is 0 Å². The maximum Gasteiger partial charge on any atom is 0.129 e. The molecule has 0 spiro atoms. The van der Waals surface area contributed by atoms with Gasteiger partial charge in [0.15, 0.2) is 0 Å². The summed E-state index contributed by atoms with van der Waals surface area (Å²) in [4.78, 5) is 0. The average molecular weight is 253 g/mol. The lowest BCUT2D eigenvalue weighted by Gasteiger charge is -2.15. The molecule has 1 fully saturated rings. The zero-order valence-corrected chi connectivity index (χ0v) is 11.4. The van der Waals surface area contributed by atoms with Gasteiger partial charge in [0, 0.05) is 11.6 Å². The third-order valence-electron chi connectivity index (χ3n) is 5.06. The van der Waals surface area contributed by atoms with Crippen LogP contribution >= 0.6 is 0 Å². The molecule has 0 saturated heterocycles. The molecule has 1 nitrogen and oxygen atoms in total. The summed E-state index contributed by atoms with van der Waals surface area (Å²) >= 11 is 0. The molecule has 0 bridgehead atoms. The van der Waals surface area contributed by atoms with E-state index in [0.29, 0.717) is 5.92 Å². The molecule has 18 heavy (non-hydrogen) atoms. The van der Waals surface area contributed by atoms with Crippen LogP contribution in [0.3, 0.4) is 0 Å². The van der Waals surface area contributed by atoms with Crippen molar-refractivity contribution in [1.29, 1.82) is 0 Å². The zero-order chi connectivity index (χ0) is 13.7. The lowest BCUT2D eigenvalue weighted by molar-refractivity contribution is 0.457. The van der Waals surface area contributed by atoms with Gasteiger partial charge in [0.25, 0.3) is 0 Å². The molecular weight excluding hydrogens is 232 g/mol. The highest BCUT2D eigenvalue weighted by molar-refractivity contribution is 5.24. The minimum Gasteiger partial charge on any atom is -0.327 e. The van der Waals surface area contributed by atoms with Gasteiger partial charge in [0.1, 0.15) is 11.6 Å². The average Bonchev–Trinajstić information content (AvgIpc) is 2.63. The monoisotopic (exact) mass is 253 g/mol. The first-order chi connectivity index (χ1) is 8.19. The van der Waals surface area contributed by atoms with Gasteiger partial charge < -0.3 is 5.73 Å². The Balaban J connectivity index is 2.17. The van der Waals surface area contributed by atoms with E-state index in [1.54, 1.807) is 0 Å². The van der Waals surface area contributed by atoms with Crippen LogP contribution < -0.4 is 5.73 Å². The number of rotatable bonds is 3. The quantitative estimate of drug-likeness (QED) is 0.876. The predicted molar refractivity (Wildman–Crippen MR) is 69.1 cm³/mol. The van der Waals surface area contributed by atoms with Crippen molar-refractivity contribution >= 4 is 0 Å². The number of benzene rings is 1. The Morgan fingerprint density at radius 3 is 1.94 bits per heavy atom. The van der Waals surface area contributed by atoms with Crippen LogP contribution in [-0.2, 0) is 6.42 Å². The zero-order valence-electron chi connectivity index (χ0n) is 11.4. The van der Waals surface area contributed by atoms with Gasteiger partial charge in [0.2, 0.25) is 0 Å². The SMILES string of the molecule is CC1(C)C(C(N)Cc2c(F)cccc2F)C1(C)C. The van der Waals surface area contributed by atoms with Gasteiger partial charge >= 0.3 is 0 Å². The van der Waals surface area contributed by atoms with Gasteiger partial charge in [-0.05, 0) is 35.3 Å². The Morgan fingerprint density at radius 2 is 1.56 bits per heavy atom. The topological polar surface area (TPSA) is 26.0 Å². The number of halogens is 2. The fraction of sp³-hybridized carbons (Fsp3) is 0.600. The Kier molecular flexibility index (Phi) is 3.01. The van der Waals surface area contributed by atoms with E-state index in [2.05, 4.69) is 27.7 Å². The molecule has 0 aliphatic heterocycles. The Labute approximate surface area is 107 Å². The molecule has 100 valence electrons. The van der Waals surface area contributed by atoms with Crippen LogP contribution in [0.25, 0.3) is 0 Å². The molecule has 1 saturated carbocycles. The number of nitrogens with two attached hydrogens (primary N) is 1. The first kappa shape index (κ1) is 13.5. The van der Waals surface area contributed by atoms with E-state index in [1.165, 1.54) is 18.2 Å². The second-order valence-corrected chi connectivity index (χ2v) is 6.49. The van der Waals surface area contributed by atoms with Crippen molar-refractivity contribution in [2.24, 2.45) is 22.5 Å². The largest absolute Gasteiger partial charge is 0.327 e. The summed E-state index contributed by atoms with van der Waals surface area (Å²) in [5.41, 5.74) is 6.55. The third-order valence-corrected chi connectivity index (χ3v) is 5.06. The fourth-order valence-corrected chi connectivity index (χ4v) is 3.40. The number of hydrogen-bond acceptors (Lipinski definition) is 1. The normalized spacial score (nSPS) is 22.8. The summed E-state index contributed by atoms with van der Waals surface area (Å²) in [7, 11) is 0. The molecule has 0 amide bonds. The summed E-state index contributed by atoms with van der Waals surface area (Å²) in [6, 6.07) is 3.74. The Hall–Kier alpha value is -0.960. The van der Waals surface area contributed by atoms with E-state index in [-0.39, 0.29) is 28.9 Å². The van der Waals surface area contributed by atoms with E-state index >= 15 is 0 Å². The van der Waals surface area contributed by atoms with Crippen LogP contribution in [0.2, 0.25) is 0 Å². The molecule has 2 rings (SSSR count). The Morgan fingerprint density at radius 1 is 1.11 bits per heavy atom. The smallest absolute Gasteiger partial charge is 0.129 e. The van der Waals surface area contributed by atoms with Gasteiger partial charge in [-0.3, -0.25) is 0 Å². The Bertz CT molecular complexity index is 431. The summed E-state index contributed by atoms with van der Waals surface area (Å²) in [6.07, 6.45) is 0.260. The van der Waals surface area contributed by atoms with Crippen LogP contribution in [0.4, 0.5) is 8.78 Å². The lowest BCUT2D eigenvalue weighted by atomic mass is 9.97. The third kappa shape index (κ3) is 1.85. The van der Waals surface area contributed by atoms with Gasteiger partial charge in [-0.1, -0.05) is 33.8 Å². The molecule has 1 aromatic carbocycles. The standard InChI is InChI=1S/C15H21F2N/c1-14(2)13(15(14,3)4)12(18)8-9-10(16)6-5-7-11(9)17/h5-7,12-13H,8,18H2,1-4H3. The van der Waals surface area contributed by atoms with Crippen LogP contribution in [0.5, 0.6) is 0 Å². The van der Waals surface area contributed by atoms with Gasteiger partial charge in [-0.25, -0.2) is 8.78 Å². The van der Waals surface area contributed by atoms with E-state index in [4.69, 9.17) is 5.73 Å². The minimum absolute atomic E-state index is 0.114. The van der Waals surface area contributed by atoms with Gasteiger partial charge in [-0.2, -0.15) is 0 Å². The van der Waals surface area contributed by atoms with Crippen molar-refractivity contribution in [2.45, 2.75) is 40.2 Å². The lowest BCUT2D eigenvalue weighted by Crippen LogP contribution is -2.29. The summed E-state index contributed by atoms with van der Waals surface area (Å²) < 4.78 is 27.2. The van der Waals surface area contributed by atoms with Crippen molar-refractivity contribution in [2.75, 3.05) is 0 Å². The van der Waals surface area contributed by atoms with Gasteiger partial charge in [0.05, 0.1) is 0 Å². The first-order valence-corrected chi connectivity index (χ1v) is 6.38. The highest BCUT2D eigenvalue weighted by atomic mass is 19.1. The molecule has 1 aromatic rings. The predicted octanol–water partition coefficient (Wildman–Crippen LogP) is 3.52. The van der Waals surface area contributed by atoms with Crippen molar-refractivity contribution in [3.8, 4) is 0 Å². The molecule has 0 radical (unpaired) electrons. The molecule has 3 heteroatoms. The van der Waals surface area contributed by atoms with Crippen LogP contribution in [0, 0.1) is 28.4 Å². The summed E-state index contributed by atoms with van der Waals surface area (Å²) in [5, 5.41) is 0. The van der Waals surface area contributed by atoms with Crippen molar-refractivity contribution < 1.29 is 8.78 Å². The molecule has 0 aromatic heterocycles. The van der Waals surface area contributed by atoms with Crippen molar-refractivity contribution in [1.82, 2.24) is 0 Å². The van der Waals surface area contributed by atoms with E-state index in [1.807, 2.05) is 0 Å². The first-order valence-electron chi connectivity index (χ1n) is 6.38. The fourth-order valence-electron chi connectivity index (χ4n) is 3.40. The van der Waals surface area contributed by atoms with E-state index < -0.39 is 11.6 Å². The van der Waals surface area contributed by atoms with Crippen LogP contribution in [0.1, 0.15) is 33.3 Å². The van der Waals surface area contributed by atoms with E-state index in [0.717, 1.165) is 0 Å². The second kappa shape index (κ2) is 4.02. The highest BCUT2D eigenvalue weighted by Crippen LogP contribution is 2.69. The highest BCUT2D eigenvalue weighted by Gasteiger charge is 2.66. The molecule has 0 heterocycles. The minimum atomic E-state index is -0.498. The molecule has 1 atom stereocenters. The van der Waals surface area contributed by atoms with E-state index in [9.17, 15) is 8.78 Å². The maximum atomic E-state index is 13.6. The molecule has 2 N–H and O–H groups in total.